The molecule has 1 N–H and O–H groups in total. The number of carbonyl (C=O) groups is 1. The predicted molar refractivity (Wildman–Crippen MR) is 98.3 cm³/mol. The highest BCUT2D eigenvalue weighted by Crippen LogP contribution is 2.18. The second kappa shape index (κ2) is 6.55. The summed E-state index contributed by atoms with van der Waals surface area (Å²) in [4.78, 5) is 21.4. The fourth-order valence-corrected chi connectivity index (χ4v) is 2.86. The van der Waals surface area contributed by atoms with Crippen LogP contribution in [0.4, 0.5) is 5.69 Å². The molecule has 0 bridgehead atoms. The average molecular weight is 337 g/mol. The van der Waals surface area contributed by atoms with E-state index in [9.17, 15) is 4.79 Å². The lowest BCUT2D eigenvalue weighted by Crippen LogP contribution is -2.17. The van der Waals surface area contributed by atoms with Crippen LogP contribution in [-0.4, -0.2) is 25.0 Å². The number of amides is 1. The summed E-state index contributed by atoms with van der Waals surface area (Å²) in [6.45, 7) is 7.93. The van der Waals surface area contributed by atoms with Crippen LogP contribution in [0.3, 0.4) is 0 Å². The molecular weight excluding hydrogens is 314 g/mol. The molecule has 3 aromatic rings. The number of imidazole rings is 2. The van der Waals surface area contributed by atoms with E-state index in [1.165, 1.54) is 0 Å². The van der Waals surface area contributed by atoms with Gasteiger partial charge in [-0.25, -0.2) is 9.97 Å². The monoisotopic (exact) mass is 337 g/mol. The zero-order valence-corrected chi connectivity index (χ0v) is 15.3. The number of anilines is 1. The van der Waals surface area contributed by atoms with Crippen LogP contribution in [0.25, 0.3) is 5.69 Å². The minimum absolute atomic E-state index is 0.137. The van der Waals surface area contributed by atoms with Crippen molar-refractivity contribution in [1.29, 1.82) is 0 Å². The van der Waals surface area contributed by atoms with E-state index in [0.29, 0.717) is 5.69 Å². The molecule has 1 amide bonds. The van der Waals surface area contributed by atoms with Crippen molar-refractivity contribution in [3.63, 3.8) is 0 Å². The molecule has 1 aromatic carbocycles. The van der Waals surface area contributed by atoms with Crippen molar-refractivity contribution in [2.45, 2.75) is 34.1 Å². The van der Waals surface area contributed by atoms with Crippen LogP contribution >= 0.6 is 0 Å². The van der Waals surface area contributed by atoms with Gasteiger partial charge in [0.15, 0.2) is 0 Å². The Morgan fingerprint density at radius 3 is 2.40 bits per heavy atom. The Hall–Kier alpha value is -2.89. The van der Waals surface area contributed by atoms with Gasteiger partial charge in [0.2, 0.25) is 0 Å². The summed E-state index contributed by atoms with van der Waals surface area (Å²) < 4.78 is 3.86. The van der Waals surface area contributed by atoms with Crippen molar-refractivity contribution < 1.29 is 4.79 Å². The van der Waals surface area contributed by atoms with Gasteiger partial charge in [0.05, 0.1) is 17.7 Å². The fourth-order valence-electron chi connectivity index (χ4n) is 2.86. The Balaban J connectivity index is 1.82. The molecule has 0 unspecified atom stereocenters. The third kappa shape index (κ3) is 3.07. The van der Waals surface area contributed by atoms with Crippen LogP contribution in [0, 0.1) is 20.8 Å². The summed E-state index contributed by atoms with van der Waals surface area (Å²) in [5, 5.41) is 2.96. The Kier molecular flexibility index (Phi) is 4.44. The molecule has 2 aromatic heterocycles. The second-order valence-electron chi connectivity index (χ2n) is 6.15. The van der Waals surface area contributed by atoms with Crippen molar-refractivity contribution >= 4 is 11.6 Å². The number of aromatic nitrogens is 4. The molecule has 0 aliphatic rings. The Bertz CT molecular complexity index is 918. The summed E-state index contributed by atoms with van der Waals surface area (Å²) >= 11 is 0. The second-order valence-corrected chi connectivity index (χ2v) is 6.15. The van der Waals surface area contributed by atoms with E-state index in [4.69, 9.17) is 0 Å². The number of rotatable bonds is 4. The van der Waals surface area contributed by atoms with Crippen LogP contribution in [0.15, 0.2) is 30.6 Å². The zero-order valence-electron chi connectivity index (χ0n) is 15.3. The van der Waals surface area contributed by atoms with Crippen molar-refractivity contribution in [2.75, 3.05) is 5.32 Å². The van der Waals surface area contributed by atoms with Gasteiger partial charge in [-0.1, -0.05) is 6.92 Å². The molecule has 0 aliphatic heterocycles. The third-order valence-corrected chi connectivity index (χ3v) is 4.60. The van der Waals surface area contributed by atoms with Gasteiger partial charge in [-0.05, 0) is 51.5 Å². The van der Waals surface area contributed by atoms with Crippen LogP contribution in [-0.2, 0) is 13.5 Å². The molecule has 2 heterocycles. The number of hydrogen-bond acceptors (Lipinski definition) is 3. The lowest BCUT2D eigenvalue weighted by atomic mass is 10.2. The van der Waals surface area contributed by atoms with Crippen LogP contribution in [0.2, 0.25) is 0 Å². The van der Waals surface area contributed by atoms with Gasteiger partial charge in [-0.15, -0.1) is 0 Å². The first-order valence-corrected chi connectivity index (χ1v) is 8.37. The highest BCUT2D eigenvalue weighted by Gasteiger charge is 2.18. The van der Waals surface area contributed by atoms with Crippen LogP contribution in [0.5, 0.6) is 0 Å². The van der Waals surface area contributed by atoms with Crippen molar-refractivity contribution in [3.8, 4) is 5.69 Å². The highest BCUT2D eigenvalue weighted by atomic mass is 16.2. The summed E-state index contributed by atoms with van der Waals surface area (Å²) in [7, 11) is 1.86. The molecule has 130 valence electrons. The standard InChI is InChI=1S/C19H23N5O/c1-6-17-18(23(5)14(4)21-17)19(25)22-15-7-9-16(10-8-15)24-11-20-12(2)13(24)3/h7-11H,6H2,1-5H3,(H,22,25). The lowest BCUT2D eigenvalue weighted by molar-refractivity contribution is 0.101. The average Bonchev–Trinajstić information content (AvgIpc) is 3.08. The van der Waals surface area contributed by atoms with Crippen molar-refractivity contribution in [2.24, 2.45) is 7.05 Å². The first-order valence-electron chi connectivity index (χ1n) is 8.37. The molecule has 6 heteroatoms. The van der Waals surface area contributed by atoms with Gasteiger partial charge in [0.1, 0.15) is 11.5 Å². The maximum Gasteiger partial charge on any atom is 0.274 e. The molecular formula is C19H23N5O. The molecule has 6 nitrogen and oxygen atoms in total. The van der Waals surface area contributed by atoms with E-state index < -0.39 is 0 Å². The van der Waals surface area contributed by atoms with Crippen molar-refractivity contribution in [3.05, 3.63) is 59.2 Å². The highest BCUT2D eigenvalue weighted by molar-refractivity contribution is 6.04. The molecule has 0 atom stereocenters. The number of hydrogen-bond donors (Lipinski definition) is 1. The van der Waals surface area contributed by atoms with E-state index in [1.54, 1.807) is 0 Å². The maximum atomic E-state index is 12.7. The molecule has 0 aliphatic carbocycles. The molecule has 0 spiro atoms. The number of benzene rings is 1. The summed E-state index contributed by atoms with van der Waals surface area (Å²) in [5.74, 6) is 0.700. The Morgan fingerprint density at radius 1 is 1.16 bits per heavy atom. The number of carbonyl (C=O) groups excluding carboxylic acids is 1. The molecule has 25 heavy (non-hydrogen) atoms. The van der Waals surface area contributed by atoms with Gasteiger partial charge in [-0.3, -0.25) is 4.79 Å². The molecule has 0 saturated heterocycles. The molecule has 0 radical (unpaired) electrons. The fraction of sp³-hybridized carbons (Fsp3) is 0.316. The SMILES string of the molecule is CCc1nc(C)n(C)c1C(=O)Nc1ccc(-n2cnc(C)c2C)cc1. The van der Waals surface area contributed by atoms with Crippen molar-refractivity contribution in [1.82, 2.24) is 19.1 Å². The van der Waals surface area contributed by atoms with Crippen LogP contribution in [0.1, 0.15) is 40.3 Å². The Morgan fingerprint density at radius 2 is 1.84 bits per heavy atom. The number of nitrogens with zero attached hydrogens (tertiary/aromatic N) is 4. The van der Waals surface area contributed by atoms with Gasteiger partial charge in [0.25, 0.3) is 5.91 Å². The van der Waals surface area contributed by atoms with Crippen LogP contribution < -0.4 is 5.32 Å². The first kappa shape index (κ1) is 17.0. The summed E-state index contributed by atoms with van der Waals surface area (Å²) in [6, 6.07) is 7.74. The normalized spacial score (nSPS) is 10.9. The van der Waals surface area contributed by atoms with E-state index >= 15 is 0 Å². The van der Waals surface area contributed by atoms with E-state index in [1.807, 2.05) is 74.5 Å². The predicted octanol–water partition coefficient (Wildman–Crippen LogP) is 3.35. The quantitative estimate of drug-likeness (QED) is 0.794. The minimum atomic E-state index is -0.137. The minimum Gasteiger partial charge on any atom is -0.327 e. The molecule has 3 rings (SSSR count). The van der Waals surface area contributed by atoms with E-state index in [2.05, 4.69) is 15.3 Å². The lowest BCUT2D eigenvalue weighted by Gasteiger charge is -2.10. The van der Waals surface area contributed by atoms with E-state index in [0.717, 1.165) is 40.7 Å². The zero-order chi connectivity index (χ0) is 18.1. The third-order valence-electron chi connectivity index (χ3n) is 4.60. The summed E-state index contributed by atoms with van der Waals surface area (Å²) in [6.07, 6.45) is 2.53. The Labute approximate surface area is 147 Å². The largest absolute Gasteiger partial charge is 0.327 e. The number of aryl methyl sites for hydroxylation is 3. The maximum absolute atomic E-state index is 12.7. The summed E-state index contributed by atoms with van der Waals surface area (Å²) in [5.41, 5.74) is 5.32. The van der Waals surface area contributed by atoms with Gasteiger partial charge in [0, 0.05) is 24.1 Å². The van der Waals surface area contributed by atoms with Gasteiger partial charge < -0.3 is 14.5 Å². The molecule has 0 saturated carbocycles. The number of nitrogens with one attached hydrogen (secondary N) is 1. The topological polar surface area (TPSA) is 64.7 Å². The van der Waals surface area contributed by atoms with Gasteiger partial charge in [-0.2, -0.15) is 0 Å². The first-order chi connectivity index (χ1) is 11.9. The van der Waals surface area contributed by atoms with Gasteiger partial charge >= 0.3 is 0 Å². The molecule has 0 fully saturated rings. The smallest absolute Gasteiger partial charge is 0.274 e. The van der Waals surface area contributed by atoms with E-state index in [-0.39, 0.29) is 5.91 Å².